The van der Waals surface area contributed by atoms with E-state index < -0.39 is 0 Å². The maximum atomic E-state index is 3.42. The normalized spacial score (nSPS) is 26.2. The number of nitrogens with zero attached hydrogens (tertiary/aromatic N) is 1. The maximum Gasteiger partial charge on any atom is 0.00644 e. The highest BCUT2D eigenvalue weighted by molar-refractivity contribution is 4.91. The molecule has 16 heavy (non-hydrogen) atoms. The first-order chi connectivity index (χ1) is 7.74. The molecule has 1 saturated carbocycles. The summed E-state index contributed by atoms with van der Waals surface area (Å²) in [5.41, 5.74) is 0.736. The fourth-order valence-electron chi connectivity index (χ4n) is 3.11. The van der Waals surface area contributed by atoms with Crippen LogP contribution in [0.4, 0.5) is 0 Å². The Kier molecular flexibility index (Phi) is 5.77. The lowest BCUT2D eigenvalue weighted by molar-refractivity contribution is 0.0710. The van der Waals surface area contributed by atoms with Gasteiger partial charge in [-0.05, 0) is 71.1 Å². The summed E-state index contributed by atoms with van der Waals surface area (Å²) in [5.74, 6) is 0. The Morgan fingerprint density at radius 3 is 1.94 bits per heavy atom. The molecule has 0 amide bonds. The van der Waals surface area contributed by atoms with Gasteiger partial charge in [-0.3, -0.25) is 0 Å². The van der Waals surface area contributed by atoms with Gasteiger partial charge in [0.05, 0.1) is 0 Å². The second kappa shape index (κ2) is 6.61. The molecule has 0 bridgehead atoms. The molecular formula is C14H30N2. The summed E-state index contributed by atoms with van der Waals surface area (Å²) in [7, 11) is 4.36. The van der Waals surface area contributed by atoms with Gasteiger partial charge < -0.3 is 10.2 Å². The number of hydrogen-bond acceptors (Lipinski definition) is 2. The van der Waals surface area contributed by atoms with Crippen LogP contribution in [0.3, 0.4) is 0 Å². The van der Waals surface area contributed by atoms with Crippen molar-refractivity contribution >= 4 is 0 Å². The van der Waals surface area contributed by atoms with Crippen LogP contribution < -0.4 is 5.32 Å². The first-order valence-corrected chi connectivity index (χ1v) is 7.10. The van der Waals surface area contributed by atoms with Crippen LogP contribution in [0.25, 0.3) is 0 Å². The lowest BCUT2D eigenvalue weighted by Gasteiger charge is -2.45. The van der Waals surface area contributed by atoms with Gasteiger partial charge in [-0.25, -0.2) is 0 Å². The topological polar surface area (TPSA) is 15.3 Å². The van der Waals surface area contributed by atoms with E-state index in [0.29, 0.717) is 0 Å². The van der Waals surface area contributed by atoms with Gasteiger partial charge in [0.15, 0.2) is 0 Å². The number of likely N-dealkylation sites (tertiary alicyclic amines) is 1. The van der Waals surface area contributed by atoms with Crippen LogP contribution >= 0.6 is 0 Å². The van der Waals surface area contributed by atoms with Crippen molar-refractivity contribution in [2.75, 3.05) is 27.2 Å². The first kappa shape index (κ1) is 14.0. The third kappa shape index (κ3) is 3.46. The van der Waals surface area contributed by atoms with E-state index >= 15 is 0 Å². The summed E-state index contributed by atoms with van der Waals surface area (Å²) in [4.78, 5) is 2.48. The van der Waals surface area contributed by atoms with E-state index in [1.807, 2.05) is 13.8 Å². The summed E-state index contributed by atoms with van der Waals surface area (Å²) >= 11 is 0. The van der Waals surface area contributed by atoms with Crippen LogP contribution in [0.15, 0.2) is 0 Å². The van der Waals surface area contributed by atoms with Gasteiger partial charge in [-0.15, -0.1) is 0 Å². The van der Waals surface area contributed by atoms with Gasteiger partial charge in [-0.2, -0.15) is 0 Å². The van der Waals surface area contributed by atoms with Crippen LogP contribution in [0.1, 0.15) is 52.4 Å². The fourth-order valence-corrected chi connectivity index (χ4v) is 3.11. The molecule has 2 nitrogen and oxygen atoms in total. The van der Waals surface area contributed by atoms with Gasteiger partial charge in [-0.1, -0.05) is 13.8 Å². The zero-order valence-electron chi connectivity index (χ0n) is 11.7. The zero-order valence-corrected chi connectivity index (χ0v) is 11.7. The molecule has 96 valence electrons. The van der Waals surface area contributed by atoms with E-state index in [0.717, 1.165) is 11.5 Å². The number of piperidine rings is 1. The fraction of sp³-hybridized carbons (Fsp3) is 1.00. The Morgan fingerprint density at radius 2 is 1.50 bits per heavy atom. The average molecular weight is 226 g/mol. The highest BCUT2D eigenvalue weighted by atomic mass is 15.1. The van der Waals surface area contributed by atoms with Crippen LogP contribution in [-0.4, -0.2) is 38.1 Å². The third-order valence-corrected chi connectivity index (χ3v) is 4.50. The largest absolute Gasteiger partial charge is 0.317 e. The van der Waals surface area contributed by atoms with Crippen LogP contribution in [0.5, 0.6) is 0 Å². The summed E-state index contributed by atoms with van der Waals surface area (Å²) in [6.45, 7) is 6.65. The second-order valence-corrected chi connectivity index (χ2v) is 5.37. The molecular weight excluding hydrogens is 196 g/mol. The predicted molar refractivity (Wildman–Crippen MR) is 71.8 cm³/mol. The van der Waals surface area contributed by atoms with E-state index in [4.69, 9.17) is 0 Å². The molecule has 0 atom stereocenters. The Morgan fingerprint density at radius 1 is 1.00 bits per heavy atom. The molecule has 0 aromatic carbocycles. The van der Waals surface area contributed by atoms with E-state index in [-0.39, 0.29) is 0 Å². The molecule has 0 aromatic heterocycles. The molecule has 1 aliphatic heterocycles. The van der Waals surface area contributed by atoms with Gasteiger partial charge in [0.25, 0.3) is 0 Å². The second-order valence-electron chi connectivity index (χ2n) is 5.37. The van der Waals surface area contributed by atoms with Crippen molar-refractivity contribution in [2.45, 2.75) is 58.4 Å². The Bertz CT molecular complexity index is 173. The summed E-state index contributed by atoms with van der Waals surface area (Å²) < 4.78 is 0. The van der Waals surface area contributed by atoms with Crippen molar-refractivity contribution < 1.29 is 0 Å². The monoisotopic (exact) mass is 226 g/mol. The minimum Gasteiger partial charge on any atom is -0.317 e. The molecule has 1 spiro atoms. The maximum absolute atomic E-state index is 3.42. The summed E-state index contributed by atoms with van der Waals surface area (Å²) in [6.07, 6.45) is 8.62. The van der Waals surface area contributed by atoms with Gasteiger partial charge in [0.2, 0.25) is 0 Å². The van der Waals surface area contributed by atoms with Crippen molar-refractivity contribution in [3.05, 3.63) is 0 Å². The Hall–Kier alpha value is -0.0800. The molecule has 2 aliphatic rings. The number of hydrogen-bond donors (Lipinski definition) is 1. The first-order valence-electron chi connectivity index (χ1n) is 7.10. The van der Waals surface area contributed by atoms with Crippen molar-refractivity contribution in [3.8, 4) is 0 Å². The molecule has 0 radical (unpaired) electrons. The standard InChI is InChI=1S/C12H24N2.C2H6/c1-13-11-3-5-12(6-4-11)7-9-14(2)10-8-12;1-2/h11,13H,3-10H2,1-2H3;1-2H3. The van der Waals surface area contributed by atoms with Gasteiger partial charge >= 0.3 is 0 Å². The predicted octanol–water partition coefficient (Wildman–Crippen LogP) is 2.89. The molecule has 2 rings (SSSR count). The highest BCUT2D eigenvalue weighted by Gasteiger charge is 2.36. The lowest BCUT2D eigenvalue weighted by atomic mass is 9.67. The van der Waals surface area contributed by atoms with Crippen LogP contribution in [-0.2, 0) is 0 Å². The quantitative estimate of drug-likeness (QED) is 0.739. The molecule has 0 unspecified atom stereocenters. The third-order valence-electron chi connectivity index (χ3n) is 4.50. The van der Waals surface area contributed by atoms with Gasteiger partial charge in [0, 0.05) is 6.04 Å². The van der Waals surface area contributed by atoms with E-state index in [2.05, 4.69) is 24.3 Å². The SMILES string of the molecule is CC.CNC1CCC2(CC1)CCN(C)CC2. The lowest BCUT2D eigenvalue weighted by Crippen LogP contribution is -2.42. The van der Waals surface area contributed by atoms with Crippen LogP contribution in [0, 0.1) is 5.41 Å². The van der Waals surface area contributed by atoms with E-state index in [1.54, 1.807) is 0 Å². The van der Waals surface area contributed by atoms with Crippen molar-refractivity contribution in [2.24, 2.45) is 5.41 Å². The summed E-state index contributed by atoms with van der Waals surface area (Å²) in [5, 5.41) is 3.42. The molecule has 1 saturated heterocycles. The number of rotatable bonds is 1. The van der Waals surface area contributed by atoms with E-state index in [9.17, 15) is 0 Å². The molecule has 1 N–H and O–H groups in total. The number of nitrogens with one attached hydrogen (secondary N) is 1. The highest BCUT2D eigenvalue weighted by Crippen LogP contribution is 2.44. The van der Waals surface area contributed by atoms with Gasteiger partial charge in [0.1, 0.15) is 0 Å². The minimum absolute atomic E-state index is 0.736. The molecule has 1 heterocycles. The Labute approximate surface area is 102 Å². The summed E-state index contributed by atoms with van der Waals surface area (Å²) in [6, 6.07) is 0.806. The zero-order chi connectivity index (χ0) is 12.0. The molecule has 2 heteroatoms. The van der Waals surface area contributed by atoms with Crippen LogP contribution in [0.2, 0.25) is 0 Å². The van der Waals surface area contributed by atoms with Crippen molar-refractivity contribution in [3.63, 3.8) is 0 Å². The van der Waals surface area contributed by atoms with E-state index in [1.165, 1.54) is 51.6 Å². The minimum atomic E-state index is 0.736. The molecule has 2 fully saturated rings. The van der Waals surface area contributed by atoms with Crippen molar-refractivity contribution in [1.29, 1.82) is 0 Å². The molecule has 0 aromatic rings. The molecule has 1 aliphatic carbocycles. The van der Waals surface area contributed by atoms with Crippen molar-refractivity contribution in [1.82, 2.24) is 10.2 Å². The average Bonchev–Trinajstić information content (AvgIpc) is 2.37. The Balaban J connectivity index is 0.000000606. The smallest absolute Gasteiger partial charge is 0.00644 e.